The third kappa shape index (κ3) is 6.53. The summed E-state index contributed by atoms with van der Waals surface area (Å²) >= 11 is 0. The lowest BCUT2D eigenvalue weighted by atomic mass is 9.99. The average Bonchev–Trinajstić information content (AvgIpc) is 3.41. The zero-order chi connectivity index (χ0) is 30.8. The quantitative estimate of drug-likeness (QED) is 0.344. The van der Waals surface area contributed by atoms with Gasteiger partial charge in [0.1, 0.15) is 17.6 Å². The van der Waals surface area contributed by atoms with Crippen molar-refractivity contribution in [1.82, 2.24) is 18.8 Å². The van der Waals surface area contributed by atoms with Crippen molar-refractivity contribution >= 4 is 31.6 Å². The maximum absolute atomic E-state index is 13.7. The molecule has 1 aliphatic rings. The molecule has 2 aromatic carbocycles. The molecule has 0 saturated carbocycles. The summed E-state index contributed by atoms with van der Waals surface area (Å²) in [5, 5.41) is 9.71. The Balaban J connectivity index is 1.67. The number of nitrogens with zero attached hydrogens (tertiary/aromatic N) is 4. The Morgan fingerprint density at radius 3 is 2.48 bits per heavy atom. The van der Waals surface area contributed by atoms with Crippen molar-refractivity contribution in [3.63, 3.8) is 0 Å². The zero-order valence-corrected chi connectivity index (χ0v) is 25.6. The molecule has 0 unspecified atom stereocenters. The molecule has 13 nitrogen and oxygen atoms in total. The number of sulfonamides is 2. The van der Waals surface area contributed by atoms with Gasteiger partial charge < -0.3 is 24.0 Å². The second kappa shape index (κ2) is 12.3. The molecule has 3 aromatic rings. The number of amides is 1. The molecule has 0 radical (unpaired) electrons. The van der Waals surface area contributed by atoms with Crippen LogP contribution in [0.2, 0.25) is 0 Å². The van der Waals surface area contributed by atoms with Gasteiger partial charge in [0.2, 0.25) is 10.0 Å². The minimum absolute atomic E-state index is 0.0431. The van der Waals surface area contributed by atoms with Crippen molar-refractivity contribution in [3.8, 4) is 11.5 Å². The molecule has 0 bridgehead atoms. The van der Waals surface area contributed by atoms with Gasteiger partial charge in [0.25, 0.3) is 15.9 Å². The highest BCUT2D eigenvalue weighted by Gasteiger charge is 2.35. The van der Waals surface area contributed by atoms with E-state index in [1.54, 1.807) is 26.1 Å². The summed E-state index contributed by atoms with van der Waals surface area (Å²) < 4.78 is 68.9. The average molecular weight is 622 g/mol. The minimum atomic E-state index is -4.04. The molecule has 3 atom stereocenters. The second-order valence-corrected chi connectivity index (χ2v) is 14.0. The summed E-state index contributed by atoms with van der Waals surface area (Å²) in [5.74, 6) is -0.126. The number of hydrogen-bond donors (Lipinski definition) is 2. The van der Waals surface area contributed by atoms with E-state index in [-0.39, 0.29) is 52.5 Å². The Kier molecular flexibility index (Phi) is 9.15. The molecule has 0 fully saturated rings. The number of aliphatic hydroxyl groups excluding tert-OH is 1. The Morgan fingerprint density at radius 2 is 1.88 bits per heavy atom. The van der Waals surface area contributed by atoms with Crippen molar-refractivity contribution in [2.24, 2.45) is 13.0 Å². The number of aliphatic hydroxyl groups is 1. The van der Waals surface area contributed by atoms with Crippen LogP contribution >= 0.6 is 0 Å². The van der Waals surface area contributed by atoms with Crippen LogP contribution < -0.4 is 14.2 Å². The molecule has 1 aliphatic heterocycles. The Bertz CT molecular complexity index is 1640. The van der Waals surface area contributed by atoms with Gasteiger partial charge in [-0.05, 0) is 49.4 Å². The number of aromatic nitrogens is 2. The maximum atomic E-state index is 13.7. The van der Waals surface area contributed by atoms with Crippen LogP contribution in [0.5, 0.6) is 11.5 Å². The van der Waals surface area contributed by atoms with Gasteiger partial charge in [-0.15, -0.1) is 0 Å². The number of benzene rings is 2. The van der Waals surface area contributed by atoms with Crippen molar-refractivity contribution in [3.05, 3.63) is 60.6 Å². The van der Waals surface area contributed by atoms with Gasteiger partial charge in [0.05, 0.1) is 43.1 Å². The van der Waals surface area contributed by atoms with Crippen LogP contribution in [0.25, 0.3) is 0 Å². The van der Waals surface area contributed by atoms with Gasteiger partial charge in [-0.1, -0.05) is 6.92 Å². The lowest BCUT2D eigenvalue weighted by Crippen LogP contribution is -2.50. The predicted molar refractivity (Wildman–Crippen MR) is 154 cm³/mol. The monoisotopic (exact) mass is 621 g/mol. The van der Waals surface area contributed by atoms with Crippen molar-refractivity contribution in [2.45, 2.75) is 35.9 Å². The van der Waals surface area contributed by atoms with E-state index < -0.39 is 38.1 Å². The number of imidazole rings is 1. The molecule has 228 valence electrons. The van der Waals surface area contributed by atoms with Crippen molar-refractivity contribution in [2.75, 3.05) is 38.6 Å². The lowest BCUT2D eigenvalue weighted by Gasteiger charge is -2.38. The normalized spacial score (nSPS) is 18.5. The molecule has 4 rings (SSSR count). The van der Waals surface area contributed by atoms with E-state index >= 15 is 0 Å². The van der Waals surface area contributed by atoms with Crippen molar-refractivity contribution in [1.29, 1.82) is 0 Å². The third-order valence-corrected chi connectivity index (χ3v) is 10.2. The SMILES string of the molecule is COc1ccc(S(=O)(=O)N(C)C[C@H]2Oc3ccc(NS(=O)(=O)c4cn(C)cn4)cc3C(=O)N([C@H](C)CO)C[C@@H]2C)cc1. The molecule has 2 N–H and O–H groups in total. The number of carbonyl (C=O) groups is 1. The first kappa shape index (κ1) is 31.3. The first-order chi connectivity index (χ1) is 19.8. The van der Waals surface area contributed by atoms with Crippen LogP contribution in [0.1, 0.15) is 24.2 Å². The number of anilines is 1. The van der Waals surface area contributed by atoms with E-state index in [4.69, 9.17) is 9.47 Å². The number of methoxy groups -OCH3 is 1. The van der Waals surface area contributed by atoms with Gasteiger partial charge >= 0.3 is 0 Å². The molecule has 0 aliphatic carbocycles. The summed E-state index contributed by atoms with van der Waals surface area (Å²) in [7, 11) is -3.35. The van der Waals surface area contributed by atoms with Crippen LogP contribution in [-0.4, -0.2) is 92.6 Å². The number of likely N-dealkylation sites (N-methyl/N-ethyl adjacent to an activating group) is 1. The predicted octanol–water partition coefficient (Wildman–Crippen LogP) is 1.77. The molecular weight excluding hydrogens is 586 g/mol. The molecule has 1 amide bonds. The highest BCUT2D eigenvalue weighted by atomic mass is 32.2. The first-order valence-electron chi connectivity index (χ1n) is 13.1. The number of nitrogens with one attached hydrogen (secondary N) is 1. The summed E-state index contributed by atoms with van der Waals surface area (Å²) in [6.45, 7) is 3.33. The highest BCUT2D eigenvalue weighted by molar-refractivity contribution is 7.92. The standard InChI is InChI=1S/C27H35N5O8S2/c1-18-13-32(19(2)16-33)27(34)23-12-20(29-41(35,36)26-15-30(3)17-28-26)6-11-24(23)40-25(18)14-31(4)42(37,38)22-9-7-21(39-5)8-10-22/h6-12,15,17-19,25,29,33H,13-14,16H2,1-5H3/t18-,19+,25+/m0/s1. The highest BCUT2D eigenvalue weighted by Crippen LogP contribution is 2.32. The van der Waals surface area contributed by atoms with E-state index in [9.17, 15) is 26.7 Å². The lowest BCUT2D eigenvalue weighted by molar-refractivity contribution is 0.0387. The minimum Gasteiger partial charge on any atom is -0.497 e. The van der Waals surface area contributed by atoms with Crippen LogP contribution in [0, 0.1) is 5.92 Å². The Hall–Kier alpha value is -3.66. The fourth-order valence-electron chi connectivity index (χ4n) is 4.52. The number of rotatable bonds is 10. The first-order valence-corrected chi connectivity index (χ1v) is 16.0. The van der Waals surface area contributed by atoms with Gasteiger partial charge in [-0.2, -0.15) is 12.7 Å². The van der Waals surface area contributed by atoms with Crippen molar-refractivity contribution < 1.29 is 36.2 Å². The van der Waals surface area contributed by atoms with Crippen LogP contribution in [0.3, 0.4) is 0 Å². The van der Waals surface area contributed by atoms with E-state index in [1.165, 1.54) is 70.8 Å². The fraction of sp³-hybridized carbons (Fsp3) is 0.407. The molecule has 2 heterocycles. The molecule has 1 aromatic heterocycles. The number of hydrogen-bond acceptors (Lipinski definition) is 9. The van der Waals surface area contributed by atoms with Gasteiger partial charge in [-0.3, -0.25) is 9.52 Å². The topological polar surface area (TPSA) is 160 Å². The largest absolute Gasteiger partial charge is 0.497 e. The zero-order valence-electron chi connectivity index (χ0n) is 24.0. The summed E-state index contributed by atoms with van der Waals surface area (Å²) in [5.41, 5.74) is 0.173. The molecule has 42 heavy (non-hydrogen) atoms. The van der Waals surface area contributed by atoms with E-state index in [1.807, 2.05) is 6.92 Å². The molecule has 0 spiro atoms. The third-order valence-electron chi connectivity index (χ3n) is 7.08. The Labute approximate surface area is 245 Å². The van der Waals surface area contributed by atoms with E-state index in [2.05, 4.69) is 9.71 Å². The number of carbonyl (C=O) groups excluding carboxylic acids is 1. The summed E-state index contributed by atoms with van der Waals surface area (Å²) in [6.07, 6.45) is 2.00. The summed E-state index contributed by atoms with van der Waals surface area (Å²) in [6, 6.07) is 9.75. The number of aryl methyl sites for hydroxylation is 1. The van der Waals surface area contributed by atoms with E-state index in [0.717, 1.165) is 0 Å². The van der Waals surface area contributed by atoms with Gasteiger partial charge in [0.15, 0.2) is 5.03 Å². The van der Waals surface area contributed by atoms with Gasteiger partial charge in [0, 0.05) is 38.4 Å². The number of fused-ring (bicyclic) bond motifs is 1. The smallest absolute Gasteiger partial charge is 0.280 e. The fourth-order valence-corrected chi connectivity index (χ4v) is 6.73. The van der Waals surface area contributed by atoms with E-state index in [0.29, 0.717) is 5.75 Å². The molecular formula is C27H35N5O8S2. The molecule has 15 heteroatoms. The van der Waals surface area contributed by atoms with Crippen LogP contribution in [-0.2, 0) is 27.1 Å². The number of ether oxygens (including phenoxy) is 2. The summed E-state index contributed by atoms with van der Waals surface area (Å²) in [4.78, 5) is 19.1. The second-order valence-electron chi connectivity index (χ2n) is 10.3. The molecule has 0 saturated heterocycles. The maximum Gasteiger partial charge on any atom is 0.280 e. The Morgan fingerprint density at radius 1 is 1.19 bits per heavy atom. The van der Waals surface area contributed by atoms with Crippen LogP contribution in [0.15, 0.2) is 64.9 Å². The van der Waals surface area contributed by atoms with Gasteiger partial charge in [-0.25, -0.2) is 13.4 Å². The van der Waals surface area contributed by atoms with Crippen LogP contribution in [0.4, 0.5) is 5.69 Å².